The van der Waals surface area contributed by atoms with Gasteiger partial charge in [0.05, 0.1) is 25.9 Å². The van der Waals surface area contributed by atoms with E-state index in [0.29, 0.717) is 31.8 Å². The summed E-state index contributed by atoms with van der Waals surface area (Å²) >= 11 is 0. The molecule has 0 aromatic heterocycles. The lowest BCUT2D eigenvalue weighted by Crippen LogP contribution is -2.34. The molecule has 0 amide bonds. The second-order valence-corrected chi connectivity index (χ2v) is 7.57. The zero-order valence-electron chi connectivity index (χ0n) is 14.8. The van der Waals surface area contributed by atoms with Gasteiger partial charge in [0.15, 0.2) is 17.5 Å². The molecular weight excluding hydrogens is 318 g/mol. The van der Waals surface area contributed by atoms with E-state index < -0.39 is 0 Å². The summed E-state index contributed by atoms with van der Waals surface area (Å²) in [7, 11) is 0. The largest absolute Gasteiger partial charge is 0.490 e. The molecule has 6 heteroatoms. The molecule has 1 aromatic rings. The number of hydrogen-bond donors (Lipinski definition) is 2. The third-order valence-corrected chi connectivity index (χ3v) is 5.34. The van der Waals surface area contributed by atoms with Gasteiger partial charge in [-0.2, -0.15) is 0 Å². The highest BCUT2D eigenvalue weighted by atomic mass is 16.5. The Balaban J connectivity index is 1.40. The number of aliphatic imine (C=N–C) groups is 1. The topological polar surface area (TPSA) is 78.1 Å². The predicted octanol–water partition coefficient (Wildman–Crippen LogP) is 2.78. The Morgan fingerprint density at radius 3 is 2.84 bits per heavy atom. The summed E-state index contributed by atoms with van der Waals surface area (Å²) in [6.07, 6.45) is 4.85. The maximum absolute atomic E-state index is 6.11. The Morgan fingerprint density at radius 2 is 2.04 bits per heavy atom. The molecule has 0 bridgehead atoms. The monoisotopic (exact) mass is 345 g/mol. The molecule has 2 heterocycles. The highest BCUT2D eigenvalue weighted by Gasteiger charge is 2.47. The quantitative estimate of drug-likeness (QED) is 0.648. The van der Waals surface area contributed by atoms with E-state index in [0.717, 1.165) is 42.6 Å². The van der Waals surface area contributed by atoms with Crippen molar-refractivity contribution in [3.05, 3.63) is 18.2 Å². The lowest BCUT2D eigenvalue weighted by Gasteiger charge is -2.28. The molecule has 4 rings (SSSR count). The Kier molecular flexibility index (Phi) is 4.46. The van der Waals surface area contributed by atoms with Crippen LogP contribution >= 0.6 is 0 Å². The summed E-state index contributed by atoms with van der Waals surface area (Å²) in [6.45, 7) is 5.15. The SMILES string of the molecule is CC1(CN=C(N)Nc2ccc3c(c2)OCCCO3)CCOC1C1CC1. The minimum Gasteiger partial charge on any atom is -0.490 e. The molecule has 2 fully saturated rings. The van der Waals surface area contributed by atoms with Crippen LogP contribution in [-0.4, -0.2) is 38.4 Å². The number of nitrogens with zero attached hydrogens (tertiary/aromatic N) is 1. The van der Waals surface area contributed by atoms with Crippen LogP contribution in [0.3, 0.4) is 0 Å². The fourth-order valence-electron chi connectivity index (χ4n) is 3.73. The fraction of sp³-hybridized carbons (Fsp3) is 0.632. The van der Waals surface area contributed by atoms with Crippen molar-refractivity contribution < 1.29 is 14.2 Å². The standard InChI is InChI=1S/C19H27N3O3/c1-19(7-10-25-17(19)13-3-4-13)12-21-18(20)22-14-5-6-15-16(11-14)24-9-2-8-23-15/h5-6,11,13,17H,2-4,7-10,12H2,1H3,(H3,20,21,22). The molecule has 3 N–H and O–H groups in total. The zero-order valence-corrected chi connectivity index (χ0v) is 14.8. The first-order chi connectivity index (χ1) is 12.1. The van der Waals surface area contributed by atoms with Gasteiger partial charge in [0.25, 0.3) is 0 Å². The van der Waals surface area contributed by atoms with E-state index in [4.69, 9.17) is 19.9 Å². The van der Waals surface area contributed by atoms with Crippen LogP contribution in [0.15, 0.2) is 23.2 Å². The van der Waals surface area contributed by atoms with Crippen molar-refractivity contribution in [3.8, 4) is 11.5 Å². The van der Waals surface area contributed by atoms with Crippen molar-refractivity contribution in [2.24, 2.45) is 22.1 Å². The van der Waals surface area contributed by atoms with Crippen molar-refractivity contribution in [3.63, 3.8) is 0 Å². The maximum Gasteiger partial charge on any atom is 0.193 e. The molecule has 3 aliphatic rings. The Morgan fingerprint density at radius 1 is 1.24 bits per heavy atom. The van der Waals surface area contributed by atoms with Gasteiger partial charge in [-0.1, -0.05) is 6.92 Å². The highest BCUT2D eigenvalue weighted by Crippen LogP contribution is 2.47. The number of nitrogens with one attached hydrogen (secondary N) is 1. The van der Waals surface area contributed by atoms with Crippen molar-refractivity contribution in [2.75, 3.05) is 31.7 Å². The molecule has 6 nitrogen and oxygen atoms in total. The van der Waals surface area contributed by atoms with Crippen LogP contribution in [0.4, 0.5) is 5.69 Å². The van der Waals surface area contributed by atoms with E-state index in [2.05, 4.69) is 17.2 Å². The van der Waals surface area contributed by atoms with Gasteiger partial charge in [-0.05, 0) is 37.3 Å². The molecule has 1 aliphatic carbocycles. The van der Waals surface area contributed by atoms with Gasteiger partial charge < -0.3 is 25.3 Å². The van der Waals surface area contributed by atoms with Crippen molar-refractivity contribution in [1.82, 2.24) is 0 Å². The summed E-state index contributed by atoms with van der Waals surface area (Å²) < 4.78 is 17.3. The lowest BCUT2D eigenvalue weighted by atomic mass is 9.81. The number of guanidine groups is 1. The summed E-state index contributed by atoms with van der Waals surface area (Å²) in [5, 5.41) is 3.16. The van der Waals surface area contributed by atoms with E-state index in [1.165, 1.54) is 12.8 Å². The maximum atomic E-state index is 6.11. The van der Waals surface area contributed by atoms with Gasteiger partial charge in [-0.15, -0.1) is 0 Å². The molecular formula is C19H27N3O3. The molecule has 1 saturated heterocycles. The third-order valence-electron chi connectivity index (χ3n) is 5.34. The Hall–Kier alpha value is -1.95. The van der Waals surface area contributed by atoms with E-state index in [-0.39, 0.29) is 5.41 Å². The van der Waals surface area contributed by atoms with Crippen LogP contribution < -0.4 is 20.5 Å². The molecule has 1 aromatic carbocycles. The zero-order chi connectivity index (χ0) is 17.3. The summed E-state index contributed by atoms with van der Waals surface area (Å²) in [5.74, 6) is 2.68. The first-order valence-electron chi connectivity index (χ1n) is 9.22. The van der Waals surface area contributed by atoms with Gasteiger partial charge in [-0.25, -0.2) is 0 Å². The number of anilines is 1. The number of rotatable bonds is 4. The summed E-state index contributed by atoms with van der Waals surface area (Å²) in [6, 6.07) is 5.76. The third kappa shape index (κ3) is 3.68. The smallest absolute Gasteiger partial charge is 0.193 e. The number of ether oxygens (including phenoxy) is 3. The minimum absolute atomic E-state index is 0.0954. The molecule has 0 spiro atoms. The molecule has 136 valence electrons. The second kappa shape index (κ2) is 6.75. The molecule has 1 saturated carbocycles. The summed E-state index contributed by atoms with van der Waals surface area (Å²) in [5.41, 5.74) is 7.07. The van der Waals surface area contributed by atoms with Crippen LogP contribution in [0.25, 0.3) is 0 Å². The Labute approximate surface area is 148 Å². The molecule has 25 heavy (non-hydrogen) atoms. The number of benzene rings is 1. The highest BCUT2D eigenvalue weighted by molar-refractivity contribution is 5.92. The van der Waals surface area contributed by atoms with Gasteiger partial charge in [0.1, 0.15) is 0 Å². The van der Waals surface area contributed by atoms with Gasteiger partial charge >= 0.3 is 0 Å². The van der Waals surface area contributed by atoms with Crippen LogP contribution in [0, 0.1) is 11.3 Å². The second-order valence-electron chi connectivity index (χ2n) is 7.57. The normalized spacial score (nSPS) is 29.3. The minimum atomic E-state index is 0.0954. The van der Waals surface area contributed by atoms with E-state index >= 15 is 0 Å². The first kappa shape index (κ1) is 16.5. The van der Waals surface area contributed by atoms with Crippen molar-refractivity contribution in [2.45, 2.75) is 38.7 Å². The lowest BCUT2D eigenvalue weighted by molar-refractivity contribution is 0.0425. The first-order valence-corrected chi connectivity index (χ1v) is 9.22. The number of fused-ring (bicyclic) bond motifs is 1. The van der Waals surface area contributed by atoms with E-state index in [1.807, 2.05) is 18.2 Å². The van der Waals surface area contributed by atoms with Crippen LogP contribution in [0.1, 0.15) is 32.6 Å². The average molecular weight is 345 g/mol. The van der Waals surface area contributed by atoms with Gasteiger partial charge in [-0.3, -0.25) is 4.99 Å². The van der Waals surface area contributed by atoms with E-state index in [9.17, 15) is 0 Å². The molecule has 2 atom stereocenters. The van der Waals surface area contributed by atoms with Crippen LogP contribution in [0.2, 0.25) is 0 Å². The van der Waals surface area contributed by atoms with Gasteiger partial charge in [0, 0.05) is 30.2 Å². The van der Waals surface area contributed by atoms with Gasteiger partial charge in [0.2, 0.25) is 0 Å². The number of hydrogen-bond acceptors (Lipinski definition) is 4. The molecule has 2 unspecified atom stereocenters. The number of nitrogens with two attached hydrogens (primary N) is 1. The predicted molar refractivity (Wildman–Crippen MR) is 97.3 cm³/mol. The molecule has 2 aliphatic heterocycles. The van der Waals surface area contributed by atoms with Crippen molar-refractivity contribution >= 4 is 11.6 Å². The fourth-order valence-corrected chi connectivity index (χ4v) is 3.73. The summed E-state index contributed by atoms with van der Waals surface area (Å²) in [4.78, 5) is 4.60. The Bertz CT molecular complexity index is 659. The van der Waals surface area contributed by atoms with Crippen LogP contribution in [0.5, 0.6) is 11.5 Å². The van der Waals surface area contributed by atoms with E-state index in [1.54, 1.807) is 0 Å². The molecule has 0 radical (unpaired) electrons. The van der Waals surface area contributed by atoms with Crippen LogP contribution in [-0.2, 0) is 4.74 Å². The van der Waals surface area contributed by atoms with Crippen molar-refractivity contribution in [1.29, 1.82) is 0 Å². The average Bonchev–Trinajstić information content (AvgIpc) is 3.39.